The predicted octanol–water partition coefficient (Wildman–Crippen LogP) is 1.71. The van der Waals surface area contributed by atoms with Crippen molar-refractivity contribution in [3.8, 4) is 0 Å². The summed E-state index contributed by atoms with van der Waals surface area (Å²) < 4.78 is 5.14. The topological polar surface area (TPSA) is 41.5 Å². The zero-order chi connectivity index (χ0) is 10.5. The average Bonchev–Trinajstić information content (AvgIpc) is 2.01. The van der Waals surface area contributed by atoms with Crippen molar-refractivity contribution in [3.63, 3.8) is 0 Å². The number of aliphatic hydroxyl groups is 1. The molecule has 0 aliphatic carbocycles. The summed E-state index contributed by atoms with van der Waals surface area (Å²) in [5.41, 5.74) is 0. The first-order valence-corrected chi connectivity index (χ1v) is 5.07. The van der Waals surface area contributed by atoms with Gasteiger partial charge in [-0.15, -0.1) is 0 Å². The molecule has 0 spiro atoms. The normalized spacial score (nSPS) is 20.8. The second-order valence-corrected chi connectivity index (χ2v) is 3.73. The van der Waals surface area contributed by atoms with Crippen molar-refractivity contribution in [1.82, 2.24) is 5.32 Å². The van der Waals surface area contributed by atoms with Gasteiger partial charge in [0.15, 0.2) is 0 Å². The number of hydrogen-bond acceptors (Lipinski definition) is 3. The molecule has 0 rings (SSSR count). The van der Waals surface area contributed by atoms with Gasteiger partial charge in [-0.1, -0.05) is 20.3 Å². The van der Waals surface area contributed by atoms with Crippen LogP contribution in [0.15, 0.2) is 0 Å². The maximum Gasteiger partial charge on any atom is 0.222 e. The highest BCUT2D eigenvalue weighted by molar-refractivity contribution is 4.70. The molecule has 2 N–H and O–H groups in total. The SMILES string of the molecule is CCOC(C)(O)NC(C)C(C)CC. The standard InChI is InChI=1S/C10H23NO2/c1-6-8(3)9(4)11-10(5,12)13-7-2/h8-9,11-12H,6-7H2,1-5H3. The molecule has 3 heteroatoms. The molecule has 0 aromatic carbocycles. The zero-order valence-electron chi connectivity index (χ0n) is 9.42. The molecule has 0 amide bonds. The molecule has 0 aromatic rings. The van der Waals surface area contributed by atoms with Crippen LogP contribution in [0.3, 0.4) is 0 Å². The van der Waals surface area contributed by atoms with Crippen LogP contribution in [0.5, 0.6) is 0 Å². The number of nitrogens with one attached hydrogen (secondary N) is 1. The Morgan fingerprint density at radius 2 is 1.92 bits per heavy atom. The summed E-state index contributed by atoms with van der Waals surface area (Å²) in [5, 5.41) is 12.7. The van der Waals surface area contributed by atoms with Crippen molar-refractivity contribution in [2.75, 3.05) is 6.61 Å². The Morgan fingerprint density at radius 1 is 1.38 bits per heavy atom. The van der Waals surface area contributed by atoms with Gasteiger partial charge in [-0.2, -0.15) is 0 Å². The third kappa shape index (κ3) is 5.24. The largest absolute Gasteiger partial charge is 0.353 e. The van der Waals surface area contributed by atoms with Crippen LogP contribution in [0.1, 0.15) is 41.0 Å². The fourth-order valence-electron chi connectivity index (χ4n) is 1.24. The Labute approximate surface area is 81.5 Å². The highest BCUT2D eigenvalue weighted by atomic mass is 16.6. The van der Waals surface area contributed by atoms with Gasteiger partial charge in [-0.3, -0.25) is 5.32 Å². The van der Waals surface area contributed by atoms with E-state index in [9.17, 15) is 5.11 Å². The third-order valence-corrected chi connectivity index (χ3v) is 2.42. The summed E-state index contributed by atoms with van der Waals surface area (Å²) in [6, 6.07) is 0.256. The molecule has 0 heterocycles. The molecule has 0 aromatic heterocycles. The molecule has 0 fully saturated rings. The molecule has 0 bridgehead atoms. The molecular formula is C10H23NO2. The van der Waals surface area contributed by atoms with E-state index in [4.69, 9.17) is 4.74 Å². The zero-order valence-corrected chi connectivity index (χ0v) is 9.42. The molecule has 13 heavy (non-hydrogen) atoms. The number of rotatable bonds is 6. The van der Waals surface area contributed by atoms with Crippen LogP contribution in [0.2, 0.25) is 0 Å². The van der Waals surface area contributed by atoms with Crippen LogP contribution in [0.25, 0.3) is 0 Å². The van der Waals surface area contributed by atoms with Gasteiger partial charge in [0, 0.05) is 19.6 Å². The Morgan fingerprint density at radius 3 is 2.31 bits per heavy atom. The lowest BCUT2D eigenvalue weighted by Gasteiger charge is -2.30. The molecule has 0 aliphatic heterocycles. The quantitative estimate of drug-likeness (QED) is 0.625. The maximum absolute atomic E-state index is 9.70. The molecule has 3 unspecified atom stereocenters. The van der Waals surface area contributed by atoms with Crippen LogP contribution in [-0.4, -0.2) is 23.7 Å². The van der Waals surface area contributed by atoms with E-state index in [0.717, 1.165) is 6.42 Å². The average molecular weight is 189 g/mol. The van der Waals surface area contributed by atoms with E-state index in [-0.39, 0.29) is 6.04 Å². The van der Waals surface area contributed by atoms with E-state index in [0.29, 0.717) is 12.5 Å². The summed E-state index contributed by atoms with van der Waals surface area (Å²) in [5.74, 6) is -0.663. The highest BCUT2D eigenvalue weighted by Crippen LogP contribution is 2.11. The van der Waals surface area contributed by atoms with E-state index >= 15 is 0 Å². The van der Waals surface area contributed by atoms with Gasteiger partial charge in [-0.05, 0) is 19.8 Å². The van der Waals surface area contributed by atoms with Crippen molar-refractivity contribution in [3.05, 3.63) is 0 Å². The summed E-state index contributed by atoms with van der Waals surface area (Å²) in [4.78, 5) is 0. The van der Waals surface area contributed by atoms with Gasteiger partial charge in [-0.25, -0.2) is 0 Å². The van der Waals surface area contributed by atoms with Crippen LogP contribution in [0.4, 0.5) is 0 Å². The van der Waals surface area contributed by atoms with Crippen LogP contribution < -0.4 is 5.32 Å². The second kappa shape index (κ2) is 5.58. The summed E-state index contributed by atoms with van der Waals surface area (Å²) >= 11 is 0. The van der Waals surface area contributed by atoms with Gasteiger partial charge < -0.3 is 9.84 Å². The van der Waals surface area contributed by atoms with E-state index in [1.165, 1.54) is 0 Å². The molecule has 80 valence electrons. The third-order valence-electron chi connectivity index (χ3n) is 2.42. The minimum Gasteiger partial charge on any atom is -0.353 e. The summed E-state index contributed by atoms with van der Waals surface area (Å²) in [6.45, 7) is 10.4. The van der Waals surface area contributed by atoms with E-state index in [1.54, 1.807) is 6.92 Å². The molecule has 0 saturated heterocycles. The van der Waals surface area contributed by atoms with Gasteiger partial charge in [0.05, 0.1) is 0 Å². The predicted molar refractivity (Wildman–Crippen MR) is 54.3 cm³/mol. The van der Waals surface area contributed by atoms with Crippen molar-refractivity contribution in [2.45, 2.75) is 53.0 Å². The van der Waals surface area contributed by atoms with Crippen LogP contribution >= 0.6 is 0 Å². The van der Waals surface area contributed by atoms with Gasteiger partial charge in [0.25, 0.3) is 0 Å². The van der Waals surface area contributed by atoms with Crippen molar-refractivity contribution in [1.29, 1.82) is 0 Å². The fraction of sp³-hybridized carbons (Fsp3) is 1.00. The van der Waals surface area contributed by atoms with Crippen molar-refractivity contribution >= 4 is 0 Å². The number of ether oxygens (including phenoxy) is 1. The maximum atomic E-state index is 9.70. The Bertz CT molecular complexity index is 137. The Hall–Kier alpha value is -0.120. The minimum atomic E-state index is -1.20. The Kier molecular flexibility index (Phi) is 5.53. The highest BCUT2D eigenvalue weighted by Gasteiger charge is 2.24. The van der Waals surface area contributed by atoms with Crippen molar-refractivity contribution in [2.24, 2.45) is 5.92 Å². The first-order chi connectivity index (χ1) is 5.93. The Balaban J connectivity index is 3.94. The van der Waals surface area contributed by atoms with E-state index in [1.807, 2.05) is 6.92 Å². The van der Waals surface area contributed by atoms with Gasteiger partial charge in [0.1, 0.15) is 0 Å². The summed E-state index contributed by atoms with van der Waals surface area (Å²) in [7, 11) is 0. The van der Waals surface area contributed by atoms with E-state index in [2.05, 4.69) is 26.1 Å². The molecule has 0 saturated carbocycles. The smallest absolute Gasteiger partial charge is 0.222 e. The second-order valence-electron chi connectivity index (χ2n) is 3.73. The van der Waals surface area contributed by atoms with E-state index < -0.39 is 5.91 Å². The molecule has 3 nitrogen and oxygen atoms in total. The lowest BCUT2D eigenvalue weighted by Crippen LogP contribution is -2.51. The monoisotopic (exact) mass is 189 g/mol. The lowest BCUT2D eigenvalue weighted by molar-refractivity contribution is -0.214. The summed E-state index contributed by atoms with van der Waals surface area (Å²) in [6.07, 6.45) is 1.09. The van der Waals surface area contributed by atoms with Gasteiger partial charge in [0.2, 0.25) is 5.91 Å². The molecule has 0 aliphatic rings. The van der Waals surface area contributed by atoms with Crippen LogP contribution in [0, 0.1) is 5.92 Å². The molecule has 3 atom stereocenters. The first kappa shape index (κ1) is 12.9. The lowest BCUT2D eigenvalue weighted by atomic mass is 10.0. The van der Waals surface area contributed by atoms with Gasteiger partial charge >= 0.3 is 0 Å². The molecule has 0 radical (unpaired) electrons. The minimum absolute atomic E-state index is 0.256. The fourth-order valence-corrected chi connectivity index (χ4v) is 1.24. The van der Waals surface area contributed by atoms with Crippen molar-refractivity contribution < 1.29 is 9.84 Å². The van der Waals surface area contributed by atoms with Crippen LogP contribution in [-0.2, 0) is 4.74 Å². The number of hydrogen-bond donors (Lipinski definition) is 2. The molecular weight excluding hydrogens is 166 g/mol. The first-order valence-electron chi connectivity index (χ1n) is 5.07.